The highest BCUT2D eigenvalue weighted by Crippen LogP contribution is 2.33. The van der Waals surface area contributed by atoms with Crippen LogP contribution in [0.15, 0.2) is 46.9 Å². The molecule has 0 atom stereocenters. The van der Waals surface area contributed by atoms with Gasteiger partial charge in [-0.1, -0.05) is 18.2 Å². The molecular weight excluding hydrogens is 290 g/mol. The van der Waals surface area contributed by atoms with Gasteiger partial charge in [-0.2, -0.15) is 0 Å². The summed E-state index contributed by atoms with van der Waals surface area (Å²) in [4.78, 5) is 14.8. The van der Waals surface area contributed by atoms with Crippen molar-refractivity contribution < 1.29 is 13.9 Å². The van der Waals surface area contributed by atoms with Crippen molar-refractivity contribution in [3.8, 4) is 5.75 Å². The lowest BCUT2D eigenvalue weighted by Gasteiger charge is -2.16. The number of rotatable bonds is 2. The van der Waals surface area contributed by atoms with Crippen molar-refractivity contribution in [3.63, 3.8) is 0 Å². The molecule has 2 aromatic carbocycles. The van der Waals surface area contributed by atoms with Crippen LogP contribution >= 0.6 is 0 Å². The minimum Gasteiger partial charge on any atom is -0.497 e. The summed E-state index contributed by atoms with van der Waals surface area (Å²) in [7, 11) is 1.63. The average Bonchev–Trinajstić information content (AvgIpc) is 3.16. The number of para-hydroxylation sites is 1. The van der Waals surface area contributed by atoms with E-state index in [1.165, 1.54) is 5.56 Å². The van der Waals surface area contributed by atoms with Gasteiger partial charge in [0.2, 0.25) is 0 Å². The van der Waals surface area contributed by atoms with Crippen LogP contribution in [0.25, 0.3) is 11.0 Å². The quantitative estimate of drug-likeness (QED) is 0.720. The lowest BCUT2D eigenvalue weighted by Crippen LogP contribution is -2.29. The topological polar surface area (TPSA) is 42.7 Å². The smallest absolute Gasteiger partial charge is 0.294 e. The molecule has 0 saturated heterocycles. The Hall–Kier alpha value is -2.75. The Labute approximate surface area is 134 Å². The van der Waals surface area contributed by atoms with E-state index >= 15 is 0 Å². The van der Waals surface area contributed by atoms with Crippen LogP contribution in [0.2, 0.25) is 0 Å². The molecular formula is C19H17NO3. The maximum Gasteiger partial charge on any atom is 0.294 e. The number of hydrogen-bond donors (Lipinski definition) is 0. The molecule has 0 unspecified atom stereocenters. The van der Waals surface area contributed by atoms with Gasteiger partial charge in [-0.05, 0) is 43.2 Å². The summed E-state index contributed by atoms with van der Waals surface area (Å²) in [5.41, 5.74) is 3.75. The number of methoxy groups -OCH3 is 1. The Morgan fingerprint density at radius 1 is 1.22 bits per heavy atom. The maximum absolute atomic E-state index is 13.0. The summed E-state index contributed by atoms with van der Waals surface area (Å²) in [5.74, 6) is 1.08. The first-order valence-electron chi connectivity index (χ1n) is 7.66. The summed E-state index contributed by atoms with van der Waals surface area (Å²) < 4.78 is 11.1. The van der Waals surface area contributed by atoms with Crippen molar-refractivity contribution in [2.75, 3.05) is 18.6 Å². The molecule has 4 rings (SSSR count). The molecule has 2 heterocycles. The molecule has 23 heavy (non-hydrogen) atoms. The molecule has 0 N–H and O–H groups in total. The number of carbonyl (C=O) groups excluding carboxylic acids is 1. The second kappa shape index (κ2) is 5.16. The highest BCUT2D eigenvalue weighted by molar-refractivity contribution is 6.09. The van der Waals surface area contributed by atoms with Crippen LogP contribution in [0.1, 0.15) is 21.7 Å². The highest BCUT2D eigenvalue weighted by atomic mass is 16.5. The molecule has 0 aliphatic carbocycles. The van der Waals surface area contributed by atoms with E-state index in [0.29, 0.717) is 17.9 Å². The van der Waals surface area contributed by atoms with Crippen LogP contribution < -0.4 is 9.64 Å². The monoisotopic (exact) mass is 307 g/mol. The zero-order chi connectivity index (χ0) is 16.0. The zero-order valence-electron chi connectivity index (χ0n) is 13.1. The van der Waals surface area contributed by atoms with Gasteiger partial charge in [0.05, 0.1) is 7.11 Å². The standard InChI is InChI=1S/C19H17NO3/c1-12-15-11-14(22-2)7-8-17(15)23-18(12)19(21)20-10-9-13-5-3-4-6-16(13)20/h3-8,11H,9-10H2,1-2H3. The van der Waals surface area contributed by atoms with Crippen molar-refractivity contribution in [1.29, 1.82) is 0 Å². The van der Waals surface area contributed by atoms with E-state index in [1.54, 1.807) is 12.0 Å². The molecule has 3 aromatic rings. The van der Waals surface area contributed by atoms with Gasteiger partial charge in [-0.3, -0.25) is 4.79 Å². The summed E-state index contributed by atoms with van der Waals surface area (Å²) in [6.45, 7) is 2.61. The summed E-state index contributed by atoms with van der Waals surface area (Å²) in [5, 5.41) is 0.917. The van der Waals surface area contributed by atoms with Gasteiger partial charge in [0.25, 0.3) is 5.91 Å². The van der Waals surface area contributed by atoms with Gasteiger partial charge < -0.3 is 14.1 Å². The van der Waals surface area contributed by atoms with Crippen LogP contribution in [0.3, 0.4) is 0 Å². The molecule has 1 aromatic heterocycles. The Morgan fingerprint density at radius 3 is 2.87 bits per heavy atom. The average molecular weight is 307 g/mol. The number of aryl methyl sites for hydroxylation is 1. The lowest BCUT2D eigenvalue weighted by molar-refractivity contribution is 0.0964. The SMILES string of the molecule is COc1ccc2oc(C(=O)N3CCc4ccccc43)c(C)c2c1. The first-order valence-corrected chi connectivity index (χ1v) is 7.66. The van der Waals surface area contributed by atoms with Crippen molar-refractivity contribution in [2.45, 2.75) is 13.3 Å². The molecule has 1 amide bonds. The van der Waals surface area contributed by atoms with E-state index in [1.807, 2.05) is 43.3 Å². The van der Waals surface area contributed by atoms with Gasteiger partial charge in [0.15, 0.2) is 5.76 Å². The third-order valence-electron chi connectivity index (χ3n) is 4.47. The van der Waals surface area contributed by atoms with Crippen LogP contribution in [0, 0.1) is 6.92 Å². The van der Waals surface area contributed by atoms with Crippen molar-refractivity contribution in [2.24, 2.45) is 0 Å². The maximum atomic E-state index is 13.0. The highest BCUT2D eigenvalue weighted by Gasteiger charge is 2.29. The number of nitrogens with zero attached hydrogens (tertiary/aromatic N) is 1. The van der Waals surface area contributed by atoms with Gasteiger partial charge in [0.1, 0.15) is 11.3 Å². The Balaban J connectivity index is 1.78. The normalized spacial score (nSPS) is 13.4. The number of carbonyl (C=O) groups is 1. The number of benzene rings is 2. The first-order chi connectivity index (χ1) is 11.2. The third kappa shape index (κ3) is 2.10. The number of anilines is 1. The first kappa shape index (κ1) is 13.9. The predicted molar refractivity (Wildman–Crippen MR) is 89.3 cm³/mol. The fourth-order valence-electron chi connectivity index (χ4n) is 3.20. The van der Waals surface area contributed by atoms with Crippen molar-refractivity contribution >= 4 is 22.6 Å². The molecule has 1 aliphatic rings. The molecule has 116 valence electrons. The number of amides is 1. The molecule has 0 spiro atoms. The van der Waals surface area contributed by atoms with Crippen LogP contribution in [-0.4, -0.2) is 19.6 Å². The minimum atomic E-state index is -0.0809. The van der Waals surface area contributed by atoms with Gasteiger partial charge in [-0.15, -0.1) is 0 Å². The Kier molecular flexibility index (Phi) is 3.11. The summed E-state index contributed by atoms with van der Waals surface area (Å²) >= 11 is 0. The molecule has 0 saturated carbocycles. The molecule has 4 nitrogen and oxygen atoms in total. The number of ether oxygens (including phenoxy) is 1. The van der Waals surface area contributed by atoms with Crippen LogP contribution in [0.4, 0.5) is 5.69 Å². The number of hydrogen-bond acceptors (Lipinski definition) is 3. The lowest BCUT2D eigenvalue weighted by atomic mass is 10.1. The molecule has 1 aliphatic heterocycles. The van der Waals surface area contributed by atoms with E-state index in [-0.39, 0.29) is 5.91 Å². The minimum absolute atomic E-state index is 0.0809. The number of fused-ring (bicyclic) bond motifs is 2. The fraction of sp³-hybridized carbons (Fsp3) is 0.211. The van der Waals surface area contributed by atoms with E-state index in [4.69, 9.17) is 9.15 Å². The molecule has 4 heteroatoms. The molecule has 0 bridgehead atoms. The second-order valence-electron chi connectivity index (χ2n) is 5.75. The van der Waals surface area contributed by atoms with Gasteiger partial charge in [-0.25, -0.2) is 0 Å². The molecule has 0 radical (unpaired) electrons. The van der Waals surface area contributed by atoms with E-state index in [0.717, 1.165) is 28.8 Å². The predicted octanol–water partition coefficient (Wildman–Crippen LogP) is 3.95. The van der Waals surface area contributed by atoms with Gasteiger partial charge >= 0.3 is 0 Å². The van der Waals surface area contributed by atoms with Crippen LogP contribution in [0.5, 0.6) is 5.75 Å². The Bertz CT molecular complexity index is 910. The second-order valence-corrected chi connectivity index (χ2v) is 5.75. The zero-order valence-corrected chi connectivity index (χ0v) is 13.1. The van der Waals surface area contributed by atoms with Crippen molar-refractivity contribution in [3.05, 3.63) is 59.4 Å². The van der Waals surface area contributed by atoms with E-state index in [2.05, 4.69) is 6.07 Å². The fourth-order valence-corrected chi connectivity index (χ4v) is 3.20. The van der Waals surface area contributed by atoms with E-state index < -0.39 is 0 Å². The Morgan fingerprint density at radius 2 is 2.04 bits per heavy atom. The van der Waals surface area contributed by atoms with Crippen LogP contribution in [-0.2, 0) is 6.42 Å². The summed E-state index contributed by atoms with van der Waals surface area (Å²) in [6.07, 6.45) is 0.884. The van der Waals surface area contributed by atoms with Crippen molar-refractivity contribution in [1.82, 2.24) is 0 Å². The largest absolute Gasteiger partial charge is 0.497 e. The summed E-state index contributed by atoms with van der Waals surface area (Å²) in [6, 6.07) is 13.6. The van der Waals surface area contributed by atoms with E-state index in [9.17, 15) is 4.79 Å². The number of furan rings is 1. The molecule has 0 fully saturated rings. The third-order valence-corrected chi connectivity index (χ3v) is 4.47. The van der Waals surface area contributed by atoms with Gasteiger partial charge in [0, 0.05) is 23.2 Å².